The van der Waals surface area contributed by atoms with Crippen molar-refractivity contribution < 1.29 is 9.53 Å². The van der Waals surface area contributed by atoms with Gasteiger partial charge in [0.25, 0.3) is 0 Å². The van der Waals surface area contributed by atoms with E-state index in [0.717, 1.165) is 12.0 Å². The van der Waals surface area contributed by atoms with Gasteiger partial charge in [-0.2, -0.15) is 0 Å². The van der Waals surface area contributed by atoms with Crippen molar-refractivity contribution in [2.24, 2.45) is 4.99 Å². The smallest absolute Gasteiger partial charge is 0.307 e. The molecule has 0 atom stereocenters. The van der Waals surface area contributed by atoms with Crippen molar-refractivity contribution in [2.75, 3.05) is 20.1 Å². The second-order valence-corrected chi connectivity index (χ2v) is 5.34. The van der Waals surface area contributed by atoms with Crippen molar-refractivity contribution >= 4 is 23.5 Å². The summed E-state index contributed by atoms with van der Waals surface area (Å²) in [4.78, 5) is 19.5. The van der Waals surface area contributed by atoms with Crippen LogP contribution < -0.4 is 10.6 Å². The lowest BCUT2D eigenvalue weighted by Gasteiger charge is -2.12. The summed E-state index contributed by atoms with van der Waals surface area (Å²) in [6.45, 7) is 4.85. The molecule has 2 N–H and O–H groups in total. The minimum Gasteiger partial charge on any atom is -0.463 e. The maximum absolute atomic E-state index is 11.4. The predicted molar refractivity (Wildman–Crippen MR) is 88.2 cm³/mol. The topological polar surface area (TPSA) is 75.6 Å². The van der Waals surface area contributed by atoms with E-state index in [0.29, 0.717) is 30.6 Å². The molecule has 7 heteroatoms. The molecule has 0 saturated carbocycles. The molecular formula is C15H23ClN4O2. The monoisotopic (exact) mass is 326 g/mol. The first-order chi connectivity index (χ1) is 10.5. The molecule has 1 aromatic rings. The van der Waals surface area contributed by atoms with Gasteiger partial charge in [0.2, 0.25) is 0 Å². The average molecular weight is 327 g/mol. The first kappa shape index (κ1) is 18.2. The second-order valence-electron chi connectivity index (χ2n) is 4.95. The van der Waals surface area contributed by atoms with Gasteiger partial charge in [0.15, 0.2) is 5.96 Å². The van der Waals surface area contributed by atoms with Crippen LogP contribution in [0, 0.1) is 0 Å². The number of esters is 1. The lowest BCUT2D eigenvalue weighted by molar-refractivity contribution is -0.147. The second kappa shape index (κ2) is 10.00. The Morgan fingerprint density at radius 1 is 1.36 bits per heavy atom. The standard InChI is InChI=1S/C15H23ClN4O2/c1-11(2)22-14(21)7-9-19-15(17-3)18-8-6-12-4-5-13(16)20-10-12/h4-5,10-11H,6-9H2,1-3H3,(H2,17,18,19). The number of carbonyl (C=O) groups excluding carboxylic acids is 1. The highest BCUT2D eigenvalue weighted by atomic mass is 35.5. The van der Waals surface area contributed by atoms with Gasteiger partial charge in [-0.1, -0.05) is 17.7 Å². The molecule has 1 rings (SSSR count). The van der Waals surface area contributed by atoms with Crippen molar-refractivity contribution in [1.82, 2.24) is 15.6 Å². The van der Waals surface area contributed by atoms with E-state index in [4.69, 9.17) is 16.3 Å². The molecule has 0 aliphatic carbocycles. The number of hydrogen-bond acceptors (Lipinski definition) is 4. The highest BCUT2D eigenvalue weighted by Crippen LogP contribution is 2.05. The molecule has 6 nitrogen and oxygen atoms in total. The summed E-state index contributed by atoms with van der Waals surface area (Å²) < 4.78 is 5.06. The van der Waals surface area contributed by atoms with Crippen LogP contribution in [0.15, 0.2) is 23.3 Å². The number of guanidine groups is 1. The van der Waals surface area contributed by atoms with Gasteiger partial charge in [-0.25, -0.2) is 4.98 Å². The Bertz CT molecular complexity index is 489. The number of hydrogen-bond donors (Lipinski definition) is 2. The number of pyridine rings is 1. The number of carbonyl (C=O) groups is 1. The van der Waals surface area contributed by atoms with Crippen LogP contribution >= 0.6 is 11.6 Å². The molecule has 0 radical (unpaired) electrons. The fourth-order valence-corrected chi connectivity index (χ4v) is 1.82. The maximum atomic E-state index is 11.4. The van der Waals surface area contributed by atoms with E-state index in [2.05, 4.69) is 20.6 Å². The number of aromatic nitrogens is 1. The molecule has 0 aromatic carbocycles. The van der Waals surface area contributed by atoms with Crippen LogP contribution in [0.1, 0.15) is 25.8 Å². The third-order valence-electron chi connectivity index (χ3n) is 2.71. The van der Waals surface area contributed by atoms with Crippen LogP contribution in [0.25, 0.3) is 0 Å². The number of rotatable bonds is 7. The molecule has 0 saturated heterocycles. The molecular weight excluding hydrogens is 304 g/mol. The van der Waals surface area contributed by atoms with Gasteiger partial charge >= 0.3 is 5.97 Å². The van der Waals surface area contributed by atoms with Gasteiger partial charge in [0, 0.05) is 26.3 Å². The van der Waals surface area contributed by atoms with E-state index >= 15 is 0 Å². The Kier molecular flexibility index (Phi) is 8.28. The van der Waals surface area contributed by atoms with Crippen LogP contribution in [-0.2, 0) is 16.0 Å². The lowest BCUT2D eigenvalue weighted by atomic mass is 10.2. The lowest BCUT2D eigenvalue weighted by Crippen LogP contribution is -2.39. The van der Waals surface area contributed by atoms with E-state index in [1.165, 1.54) is 0 Å². The molecule has 0 amide bonds. The van der Waals surface area contributed by atoms with Crippen LogP contribution in [0.5, 0.6) is 0 Å². The Morgan fingerprint density at radius 3 is 2.68 bits per heavy atom. The summed E-state index contributed by atoms with van der Waals surface area (Å²) in [6, 6.07) is 3.71. The van der Waals surface area contributed by atoms with Crippen LogP contribution in [0.3, 0.4) is 0 Å². The van der Waals surface area contributed by atoms with Gasteiger partial charge in [0.05, 0.1) is 12.5 Å². The van der Waals surface area contributed by atoms with Crippen molar-refractivity contribution in [3.8, 4) is 0 Å². The largest absolute Gasteiger partial charge is 0.463 e. The maximum Gasteiger partial charge on any atom is 0.307 e. The quantitative estimate of drug-likeness (QED) is 0.346. The van der Waals surface area contributed by atoms with E-state index in [9.17, 15) is 4.79 Å². The summed E-state index contributed by atoms with van der Waals surface area (Å²) in [5.41, 5.74) is 1.09. The highest BCUT2D eigenvalue weighted by Gasteiger charge is 2.05. The van der Waals surface area contributed by atoms with Crippen molar-refractivity contribution in [3.63, 3.8) is 0 Å². The summed E-state index contributed by atoms with van der Waals surface area (Å²) in [7, 11) is 1.69. The van der Waals surface area contributed by atoms with E-state index in [1.54, 1.807) is 19.3 Å². The Labute approximate surface area is 136 Å². The van der Waals surface area contributed by atoms with E-state index in [-0.39, 0.29) is 12.1 Å². The molecule has 0 aliphatic heterocycles. The number of halogens is 1. The van der Waals surface area contributed by atoms with Crippen LogP contribution in [0.4, 0.5) is 0 Å². The minimum absolute atomic E-state index is 0.0853. The zero-order valence-electron chi connectivity index (χ0n) is 13.2. The van der Waals surface area contributed by atoms with Crippen molar-refractivity contribution in [1.29, 1.82) is 0 Å². The highest BCUT2D eigenvalue weighted by molar-refractivity contribution is 6.29. The van der Waals surface area contributed by atoms with Gasteiger partial charge in [0.1, 0.15) is 5.15 Å². The summed E-state index contributed by atoms with van der Waals surface area (Å²) in [6.07, 6.45) is 2.78. The molecule has 0 unspecified atom stereocenters. The normalized spacial score (nSPS) is 11.4. The van der Waals surface area contributed by atoms with Crippen LogP contribution in [-0.4, -0.2) is 43.2 Å². The Balaban J connectivity index is 2.22. The minimum atomic E-state index is -0.217. The third kappa shape index (κ3) is 7.83. The molecule has 1 aromatic heterocycles. The molecule has 122 valence electrons. The van der Waals surface area contributed by atoms with E-state index < -0.39 is 0 Å². The van der Waals surface area contributed by atoms with Gasteiger partial charge in [-0.05, 0) is 31.9 Å². The van der Waals surface area contributed by atoms with Crippen molar-refractivity contribution in [3.05, 3.63) is 29.0 Å². The zero-order valence-corrected chi connectivity index (χ0v) is 14.0. The zero-order chi connectivity index (χ0) is 16.4. The Morgan fingerprint density at radius 2 is 2.09 bits per heavy atom. The van der Waals surface area contributed by atoms with Crippen LogP contribution in [0.2, 0.25) is 5.15 Å². The summed E-state index contributed by atoms with van der Waals surface area (Å²) in [5, 5.41) is 6.73. The average Bonchev–Trinajstić information content (AvgIpc) is 2.47. The molecule has 0 fully saturated rings. The SMILES string of the molecule is CN=C(NCCC(=O)OC(C)C)NCCc1ccc(Cl)nc1. The predicted octanol–water partition coefficient (Wildman–Crippen LogP) is 1.78. The van der Waals surface area contributed by atoms with E-state index in [1.807, 2.05) is 19.9 Å². The fraction of sp³-hybridized carbons (Fsp3) is 0.533. The third-order valence-corrected chi connectivity index (χ3v) is 2.93. The summed E-state index contributed by atoms with van der Waals surface area (Å²) >= 11 is 5.74. The number of nitrogens with one attached hydrogen (secondary N) is 2. The van der Waals surface area contributed by atoms with Crippen molar-refractivity contribution in [2.45, 2.75) is 32.8 Å². The number of nitrogens with zero attached hydrogens (tertiary/aromatic N) is 2. The number of ether oxygens (including phenoxy) is 1. The molecule has 0 bridgehead atoms. The number of aliphatic imine (C=N–C) groups is 1. The summed E-state index contributed by atoms with van der Waals surface area (Å²) in [5.74, 6) is 0.435. The molecule has 0 spiro atoms. The van der Waals surface area contributed by atoms with Gasteiger partial charge < -0.3 is 15.4 Å². The molecule has 0 aliphatic rings. The first-order valence-electron chi connectivity index (χ1n) is 7.25. The first-order valence-corrected chi connectivity index (χ1v) is 7.63. The molecule has 22 heavy (non-hydrogen) atoms. The fourth-order valence-electron chi connectivity index (χ4n) is 1.70. The Hall–Kier alpha value is -1.82. The van der Waals surface area contributed by atoms with Gasteiger partial charge in [-0.3, -0.25) is 9.79 Å². The molecule has 1 heterocycles. The van der Waals surface area contributed by atoms with Gasteiger partial charge in [-0.15, -0.1) is 0 Å².